The number of nitrogens with zero attached hydrogens (tertiary/aromatic N) is 2. The predicted octanol–water partition coefficient (Wildman–Crippen LogP) is 1.25. The monoisotopic (exact) mass is 280 g/mol. The molecule has 0 spiro atoms. The van der Waals surface area contributed by atoms with E-state index in [-0.39, 0.29) is 0 Å². The third-order valence-electron chi connectivity index (χ3n) is 4.49. The van der Waals surface area contributed by atoms with Crippen LogP contribution in [0.4, 0.5) is 0 Å². The molecule has 0 atom stereocenters. The largest absolute Gasteiger partial charge is 0.494 e. The van der Waals surface area contributed by atoms with E-state index in [9.17, 15) is 10.1 Å². The maximum Gasteiger partial charge on any atom is 0.494 e. The molecule has 1 aromatic heterocycles. The van der Waals surface area contributed by atoms with Gasteiger partial charge in [0.1, 0.15) is 0 Å². The molecule has 1 aliphatic carbocycles. The smallest absolute Gasteiger partial charge is 0.423 e. The lowest BCUT2D eigenvalue weighted by Gasteiger charge is -2.38. The van der Waals surface area contributed by atoms with Crippen LogP contribution in [0.1, 0.15) is 59.4 Å². The minimum Gasteiger partial charge on any atom is -0.423 e. The SMILES string of the molecule is CC(C)(O)C(C)(C)OB(O)c1cnn(C2CCCC2)c1. The molecular formula is C14H25BN2O3. The van der Waals surface area contributed by atoms with Gasteiger partial charge in [-0.1, -0.05) is 12.8 Å². The van der Waals surface area contributed by atoms with Gasteiger partial charge in [0.25, 0.3) is 0 Å². The fraction of sp³-hybridized carbons (Fsp3) is 0.786. The predicted molar refractivity (Wildman–Crippen MR) is 78.8 cm³/mol. The van der Waals surface area contributed by atoms with Crippen molar-refractivity contribution in [2.75, 3.05) is 0 Å². The molecule has 20 heavy (non-hydrogen) atoms. The van der Waals surface area contributed by atoms with Crippen molar-refractivity contribution in [2.24, 2.45) is 0 Å². The number of hydrogen-bond acceptors (Lipinski definition) is 4. The average molecular weight is 280 g/mol. The Kier molecular flexibility index (Phi) is 4.28. The van der Waals surface area contributed by atoms with E-state index in [1.807, 2.05) is 10.9 Å². The van der Waals surface area contributed by atoms with E-state index < -0.39 is 18.3 Å². The van der Waals surface area contributed by atoms with Crippen LogP contribution in [0.2, 0.25) is 0 Å². The highest BCUT2D eigenvalue weighted by Crippen LogP contribution is 2.28. The molecule has 112 valence electrons. The maximum atomic E-state index is 10.2. The van der Waals surface area contributed by atoms with Crippen molar-refractivity contribution in [1.82, 2.24) is 9.78 Å². The summed E-state index contributed by atoms with van der Waals surface area (Å²) in [6, 6.07) is 0.443. The van der Waals surface area contributed by atoms with Crippen LogP contribution in [0, 0.1) is 0 Å². The van der Waals surface area contributed by atoms with Crippen molar-refractivity contribution in [3.8, 4) is 0 Å². The first-order valence-corrected chi connectivity index (χ1v) is 7.33. The maximum absolute atomic E-state index is 10.2. The molecule has 0 aromatic carbocycles. The van der Waals surface area contributed by atoms with Crippen molar-refractivity contribution in [3.05, 3.63) is 12.4 Å². The molecule has 0 unspecified atom stereocenters. The lowest BCUT2D eigenvalue weighted by molar-refractivity contribution is -0.0982. The summed E-state index contributed by atoms with van der Waals surface area (Å²) in [6.07, 6.45) is 8.26. The Balaban J connectivity index is 2.04. The Labute approximate surface area is 121 Å². The molecule has 0 saturated heterocycles. The van der Waals surface area contributed by atoms with Gasteiger partial charge in [-0.25, -0.2) is 0 Å². The zero-order valence-corrected chi connectivity index (χ0v) is 12.8. The molecule has 1 aliphatic rings. The van der Waals surface area contributed by atoms with Gasteiger partial charge in [0, 0.05) is 17.9 Å². The summed E-state index contributed by atoms with van der Waals surface area (Å²) in [6.45, 7) is 6.86. The molecule has 0 bridgehead atoms. The molecule has 0 aliphatic heterocycles. The van der Waals surface area contributed by atoms with E-state index in [4.69, 9.17) is 4.65 Å². The third kappa shape index (κ3) is 3.24. The summed E-state index contributed by atoms with van der Waals surface area (Å²) < 4.78 is 7.54. The van der Waals surface area contributed by atoms with Gasteiger partial charge in [-0.15, -0.1) is 0 Å². The Bertz CT molecular complexity index is 448. The van der Waals surface area contributed by atoms with Gasteiger partial charge in [0.15, 0.2) is 0 Å². The lowest BCUT2D eigenvalue weighted by Crippen LogP contribution is -2.53. The first-order valence-electron chi connectivity index (χ1n) is 7.33. The first-order chi connectivity index (χ1) is 9.21. The Hall–Kier alpha value is -0.845. The van der Waals surface area contributed by atoms with Crippen molar-refractivity contribution >= 4 is 12.6 Å². The quantitative estimate of drug-likeness (QED) is 0.797. The highest BCUT2D eigenvalue weighted by molar-refractivity contribution is 6.59. The lowest BCUT2D eigenvalue weighted by atomic mass is 9.78. The second-order valence-corrected chi connectivity index (χ2v) is 6.73. The highest BCUT2D eigenvalue weighted by atomic mass is 16.5. The summed E-state index contributed by atoms with van der Waals surface area (Å²) in [7, 11) is -1.08. The van der Waals surface area contributed by atoms with E-state index >= 15 is 0 Å². The van der Waals surface area contributed by atoms with Gasteiger partial charge in [-0.3, -0.25) is 4.68 Å². The molecule has 1 aromatic rings. The van der Waals surface area contributed by atoms with Crippen LogP contribution in [-0.2, 0) is 4.65 Å². The number of rotatable bonds is 5. The highest BCUT2D eigenvalue weighted by Gasteiger charge is 2.40. The van der Waals surface area contributed by atoms with Crippen LogP contribution < -0.4 is 5.46 Å². The van der Waals surface area contributed by atoms with Gasteiger partial charge < -0.3 is 14.8 Å². The van der Waals surface area contributed by atoms with Crippen LogP contribution in [0.3, 0.4) is 0 Å². The second-order valence-electron chi connectivity index (χ2n) is 6.73. The van der Waals surface area contributed by atoms with Crippen molar-refractivity contribution in [3.63, 3.8) is 0 Å². The van der Waals surface area contributed by atoms with E-state index in [1.54, 1.807) is 33.9 Å². The summed E-state index contributed by atoms with van der Waals surface area (Å²) >= 11 is 0. The van der Waals surface area contributed by atoms with Crippen molar-refractivity contribution in [1.29, 1.82) is 0 Å². The molecule has 2 rings (SSSR count). The average Bonchev–Trinajstić information content (AvgIpc) is 2.98. The summed E-state index contributed by atoms with van der Waals surface area (Å²) in [4.78, 5) is 0. The number of aliphatic hydroxyl groups is 1. The fourth-order valence-corrected chi connectivity index (χ4v) is 2.34. The topological polar surface area (TPSA) is 67.5 Å². The molecule has 2 N–H and O–H groups in total. The molecule has 5 nitrogen and oxygen atoms in total. The summed E-state index contributed by atoms with van der Waals surface area (Å²) in [5.41, 5.74) is -1.27. The molecule has 6 heteroatoms. The zero-order chi connectivity index (χ0) is 15.0. The van der Waals surface area contributed by atoms with Crippen LogP contribution in [0.25, 0.3) is 0 Å². The second kappa shape index (κ2) is 5.50. The molecule has 1 saturated carbocycles. The Morgan fingerprint density at radius 3 is 2.45 bits per heavy atom. The Morgan fingerprint density at radius 1 is 1.30 bits per heavy atom. The van der Waals surface area contributed by atoms with Crippen LogP contribution in [0.5, 0.6) is 0 Å². The van der Waals surface area contributed by atoms with Crippen LogP contribution in [-0.4, -0.2) is 38.2 Å². The van der Waals surface area contributed by atoms with E-state index in [0.717, 1.165) is 12.8 Å². The molecule has 0 amide bonds. The van der Waals surface area contributed by atoms with E-state index in [2.05, 4.69) is 5.10 Å². The number of aromatic nitrogens is 2. The molecular weight excluding hydrogens is 255 g/mol. The molecule has 0 radical (unpaired) electrons. The normalized spacial score (nSPS) is 17.7. The fourth-order valence-electron chi connectivity index (χ4n) is 2.34. The summed E-state index contributed by atoms with van der Waals surface area (Å²) in [5, 5.41) is 24.6. The van der Waals surface area contributed by atoms with Gasteiger partial charge in [0.2, 0.25) is 0 Å². The summed E-state index contributed by atoms with van der Waals surface area (Å²) in [5.74, 6) is 0. The van der Waals surface area contributed by atoms with E-state index in [1.165, 1.54) is 12.8 Å². The third-order valence-corrected chi connectivity index (χ3v) is 4.49. The van der Waals surface area contributed by atoms with Crippen LogP contribution in [0.15, 0.2) is 12.4 Å². The van der Waals surface area contributed by atoms with Gasteiger partial charge in [-0.05, 0) is 40.5 Å². The van der Waals surface area contributed by atoms with Gasteiger partial charge >= 0.3 is 7.12 Å². The molecule has 1 fully saturated rings. The van der Waals surface area contributed by atoms with Crippen LogP contribution >= 0.6 is 0 Å². The molecule has 1 heterocycles. The first kappa shape index (κ1) is 15.5. The van der Waals surface area contributed by atoms with E-state index in [0.29, 0.717) is 11.5 Å². The van der Waals surface area contributed by atoms with Crippen molar-refractivity contribution < 1.29 is 14.8 Å². The van der Waals surface area contributed by atoms with Gasteiger partial charge in [0.05, 0.1) is 17.2 Å². The van der Waals surface area contributed by atoms with Crippen molar-refractivity contribution in [2.45, 2.75) is 70.6 Å². The number of hydrogen-bond donors (Lipinski definition) is 2. The minimum absolute atomic E-state index is 0.443. The standard InChI is InChI=1S/C14H25BN2O3/c1-13(2,18)14(3,4)20-15(19)11-9-16-17(10-11)12-7-5-6-8-12/h9-10,12,18-19H,5-8H2,1-4H3. The minimum atomic E-state index is -1.08. The van der Waals surface area contributed by atoms with Gasteiger partial charge in [-0.2, -0.15) is 5.10 Å². The Morgan fingerprint density at radius 2 is 1.90 bits per heavy atom. The zero-order valence-electron chi connectivity index (χ0n) is 12.8.